The van der Waals surface area contributed by atoms with Crippen molar-refractivity contribution in [3.63, 3.8) is 0 Å². The van der Waals surface area contributed by atoms with E-state index in [-0.39, 0.29) is 42.8 Å². The van der Waals surface area contributed by atoms with Gasteiger partial charge in [-0.15, -0.1) is 0 Å². The number of carbonyl (C=O) groups is 3. The first-order chi connectivity index (χ1) is 22.8. The number of primary amides is 1. The number of esters is 1. The van der Waals surface area contributed by atoms with E-state index in [4.69, 9.17) is 22.1 Å². The first kappa shape index (κ1) is 33.9. The van der Waals surface area contributed by atoms with Gasteiger partial charge in [0.1, 0.15) is 5.75 Å². The van der Waals surface area contributed by atoms with Gasteiger partial charge in [0.05, 0.1) is 22.4 Å². The molecular formula is C36H40ClF2N5O4. The van der Waals surface area contributed by atoms with Crippen molar-refractivity contribution in [3.8, 4) is 17.1 Å². The number of likely N-dealkylation sites (tertiary alicyclic amines) is 2. The fourth-order valence-corrected chi connectivity index (χ4v) is 7.97. The van der Waals surface area contributed by atoms with Crippen molar-refractivity contribution in [2.45, 2.75) is 64.8 Å². The van der Waals surface area contributed by atoms with Crippen LogP contribution in [0.5, 0.6) is 5.75 Å². The molecule has 2 saturated heterocycles. The molecule has 3 aliphatic rings. The number of aryl methyl sites for hydroxylation is 3. The van der Waals surface area contributed by atoms with Crippen LogP contribution in [0.1, 0.15) is 59.4 Å². The molecular weight excluding hydrogens is 640 g/mol. The molecule has 3 atom stereocenters. The molecule has 6 rings (SSSR count). The van der Waals surface area contributed by atoms with E-state index in [0.717, 1.165) is 11.1 Å². The topological polar surface area (TPSA) is 119 Å². The number of hydrogen-bond donors (Lipinski definition) is 1. The van der Waals surface area contributed by atoms with Crippen LogP contribution in [0.2, 0.25) is 5.02 Å². The lowest BCUT2D eigenvalue weighted by molar-refractivity contribution is -0.162. The monoisotopic (exact) mass is 679 g/mol. The van der Waals surface area contributed by atoms with Crippen LogP contribution < -0.4 is 10.5 Å². The van der Waals surface area contributed by atoms with Crippen molar-refractivity contribution in [3.05, 3.63) is 76.1 Å². The Kier molecular flexibility index (Phi) is 9.30. The fraction of sp³-hybridized carbons (Fsp3) is 0.472. The van der Waals surface area contributed by atoms with Gasteiger partial charge in [0.25, 0.3) is 5.91 Å². The highest BCUT2D eigenvalue weighted by Crippen LogP contribution is 2.50. The Labute approximate surface area is 283 Å². The minimum atomic E-state index is -2.92. The standard InChI is InChI=1S/C36H40ClF2N5O4/c1-21-9-10-27(15-28(21)37)48-34(47)35(11-13-36(38,39)14-12-35)29(16-30(40)45)43-17-25-19-44(20-26(25)18-43)33(46)31-22(2)41-32(42-23(31)3)24-7-5-4-6-8-24/h4-10,15,25-26,29H,11-14,16-20H2,1-3H3,(H2,40,45). The molecule has 2 N–H and O–H groups in total. The van der Waals surface area contributed by atoms with E-state index in [1.807, 2.05) is 60.9 Å². The Bertz CT molecular complexity index is 1690. The first-order valence-electron chi connectivity index (χ1n) is 16.3. The van der Waals surface area contributed by atoms with Gasteiger partial charge in [0, 0.05) is 62.1 Å². The van der Waals surface area contributed by atoms with Gasteiger partial charge in [-0.05, 0) is 63.1 Å². The Balaban J connectivity index is 1.21. The van der Waals surface area contributed by atoms with Crippen molar-refractivity contribution in [1.29, 1.82) is 0 Å². The Morgan fingerprint density at radius 3 is 2.10 bits per heavy atom. The summed E-state index contributed by atoms with van der Waals surface area (Å²) >= 11 is 6.27. The van der Waals surface area contributed by atoms with Crippen LogP contribution in [0.3, 0.4) is 0 Å². The molecule has 2 aromatic carbocycles. The molecule has 3 unspecified atom stereocenters. The van der Waals surface area contributed by atoms with Crippen LogP contribution in [0, 0.1) is 38.0 Å². The van der Waals surface area contributed by atoms with Crippen LogP contribution in [0.25, 0.3) is 11.4 Å². The summed E-state index contributed by atoms with van der Waals surface area (Å²) in [6.45, 7) is 7.36. The van der Waals surface area contributed by atoms with Gasteiger partial charge in [0.15, 0.2) is 5.82 Å². The molecule has 3 aromatic rings. The molecule has 3 heterocycles. The van der Waals surface area contributed by atoms with E-state index in [9.17, 15) is 23.2 Å². The van der Waals surface area contributed by atoms with Crippen molar-refractivity contribution in [1.82, 2.24) is 19.8 Å². The number of carbonyl (C=O) groups excluding carboxylic acids is 3. The van der Waals surface area contributed by atoms with Gasteiger partial charge in [-0.1, -0.05) is 48.0 Å². The third kappa shape index (κ3) is 6.67. The fourth-order valence-electron chi connectivity index (χ4n) is 7.80. The summed E-state index contributed by atoms with van der Waals surface area (Å²) in [5, 5.41) is 0.411. The normalized spacial score (nSPS) is 22.2. The second-order valence-corrected chi connectivity index (χ2v) is 14.0. The summed E-state index contributed by atoms with van der Waals surface area (Å²) in [7, 11) is 0. The van der Waals surface area contributed by atoms with Gasteiger partial charge >= 0.3 is 5.97 Å². The van der Waals surface area contributed by atoms with Gasteiger partial charge in [-0.2, -0.15) is 0 Å². The molecule has 254 valence electrons. The summed E-state index contributed by atoms with van der Waals surface area (Å²) in [6.07, 6.45) is -1.48. The number of hydrogen-bond acceptors (Lipinski definition) is 7. The maximum absolute atomic E-state index is 14.5. The number of ether oxygens (including phenoxy) is 1. The molecule has 48 heavy (non-hydrogen) atoms. The maximum atomic E-state index is 14.5. The number of rotatable bonds is 8. The van der Waals surface area contributed by atoms with E-state index >= 15 is 0 Å². The molecule has 12 heteroatoms. The predicted molar refractivity (Wildman–Crippen MR) is 177 cm³/mol. The zero-order valence-corrected chi connectivity index (χ0v) is 28.1. The third-order valence-electron chi connectivity index (χ3n) is 10.4. The number of halogens is 3. The van der Waals surface area contributed by atoms with Crippen LogP contribution in [-0.2, 0) is 9.59 Å². The number of amides is 2. The average Bonchev–Trinajstić information content (AvgIpc) is 3.62. The molecule has 2 aliphatic heterocycles. The van der Waals surface area contributed by atoms with Gasteiger partial charge < -0.3 is 15.4 Å². The molecule has 3 fully saturated rings. The summed E-state index contributed by atoms with van der Waals surface area (Å²) in [5.74, 6) is -3.45. The minimum absolute atomic E-state index is 0.0588. The minimum Gasteiger partial charge on any atom is -0.426 e. The molecule has 0 bridgehead atoms. The molecule has 9 nitrogen and oxygen atoms in total. The highest BCUT2D eigenvalue weighted by atomic mass is 35.5. The van der Waals surface area contributed by atoms with Crippen molar-refractivity contribution >= 4 is 29.4 Å². The van der Waals surface area contributed by atoms with Crippen LogP contribution in [0.15, 0.2) is 48.5 Å². The third-order valence-corrected chi connectivity index (χ3v) is 10.8. The van der Waals surface area contributed by atoms with E-state index in [0.29, 0.717) is 54.0 Å². The molecule has 2 amide bonds. The summed E-state index contributed by atoms with van der Waals surface area (Å²) in [6, 6.07) is 13.7. The van der Waals surface area contributed by atoms with E-state index in [2.05, 4.69) is 9.97 Å². The van der Waals surface area contributed by atoms with E-state index < -0.39 is 42.1 Å². The number of fused-ring (bicyclic) bond motifs is 1. The highest BCUT2D eigenvalue weighted by molar-refractivity contribution is 6.31. The Morgan fingerprint density at radius 1 is 0.938 bits per heavy atom. The Morgan fingerprint density at radius 2 is 1.54 bits per heavy atom. The average molecular weight is 680 g/mol. The van der Waals surface area contributed by atoms with Crippen LogP contribution in [0.4, 0.5) is 8.78 Å². The molecule has 1 aromatic heterocycles. The number of benzene rings is 2. The summed E-state index contributed by atoms with van der Waals surface area (Å²) in [4.78, 5) is 53.5. The smallest absolute Gasteiger partial charge is 0.319 e. The quantitative estimate of drug-likeness (QED) is 0.237. The molecule has 0 spiro atoms. The zero-order chi connectivity index (χ0) is 34.4. The second-order valence-electron chi connectivity index (χ2n) is 13.6. The zero-order valence-electron chi connectivity index (χ0n) is 27.3. The first-order valence-corrected chi connectivity index (χ1v) is 16.7. The summed E-state index contributed by atoms with van der Waals surface area (Å²) < 4.78 is 34.9. The SMILES string of the molecule is Cc1ccc(OC(=O)C2(C(CC(N)=O)N3CC4CN(C(=O)c5c(C)nc(-c6ccccc6)nc5C)CC4C3)CCC(F)(F)CC2)cc1Cl. The predicted octanol–water partition coefficient (Wildman–Crippen LogP) is 5.77. The van der Waals surface area contributed by atoms with Gasteiger partial charge in [-0.3, -0.25) is 19.3 Å². The van der Waals surface area contributed by atoms with Gasteiger partial charge in [-0.25, -0.2) is 18.7 Å². The maximum Gasteiger partial charge on any atom is 0.319 e. The number of alkyl halides is 2. The van der Waals surface area contributed by atoms with Crippen molar-refractivity contribution in [2.24, 2.45) is 23.0 Å². The number of aromatic nitrogens is 2. The lowest BCUT2D eigenvalue weighted by Gasteiger charge is -2.46. The lowest BCUT2D eigenvalue weighted by Crippen LogP contribution is -2.57. The number of nitrogens with zero attached hydrogens (tertiary/aromatic N) is 4. The van der Waals surface area contributed by atoms with Crippen LogP contribution in [-0.4, -0.2) is 75.7 Å². The second kappa shape index (κ2) is 13.2. The van der Waals surface area contributed by atoms with Crippen molar-refractivity contribution < 1.29 is 27.9 Å². The Hall–Kier alpha value is -3.96. The summed E-state index contributed by atoms with van der Waals surface area (Å²) in [5.41, 5.74) is 7.73. The largest absolute Gasteiger partial charge is 0.426 e. The molecule has 0 radical (unpaired) electrons. The van der Waals surface area contributed by atoms with Crippen LogP contribution >= 0.6 is 11.6 Å². The van der Waals surface area contributed by atoms with Crippen molar-refractivity contribution in [2.75, 3.05) is 26.2 Å². The van der Waals surface area contributed by atoms with Gasteiger partial charge in [0.2, 0.25) is 11.8 Å². The molecule has 1 saturated carbocycles. The number of nitrogens with two attached hydrogens (primary N) is 1. The lowest BCUT2D eigenvalue weighted by atomic mass is 9.66. The van der Waals surface area contributed by atoms with E-state index in [1.165, 1.54) is 6.07 Å². The molecule has 1 aliphatic carbocycles. The van der Waals surface area contributed by atoms with E-state index in [1.54, 1.807) is 12.1 Å². The highest BCUT2D eigenvalue weighted by Gasteiger charge is 2.57.